The molecule has 60 valence electrons. The minimum Gasteiger partial charge on any atom is -0.343 e. The lowest BCUT2D eigenvalue weighted by molar-refractivity contribution is 1.32. The van der Waals surface area contributed by atoms with Crippen molar-refractivity contribution >= 4 is 34.8 Å². The molecule has 0 saturated heterocycles. The van der Waals surface area contributed by atoms with Crippen molar-refractivity contribution in [3.05, 3.63) is 23.0 Å². The molecule has 0 atom stereocenters. The Bertz CT molecular complexity index is 392. The highest BCUT2D eigenvalue weighted by atomic mass is 35.5. The van der Waals surface area contributed by atoms with Crippen LogP contribution in [0.2, 0.25) is 5.15 Å². The lowest BCUT2D eigenvalue weighted by Crippen LogP contribution is -1.93. The van der Waals surface area contributed by atoms with Gasteiger partial charge in [-0.25, -0.2) is 0 Å². The van der Waals surface area contributed by atoms with E-state index in [1.807, 2.05) is 0 Å². The van der Waals surface area contributed by atoms with E-state index in [0.29, 0.717) is 11.0 Å². The van der Waals surface area contributed by atoms with Gasteiger partial charge >= 0.3 is 0 Å². The van der Waals surface area contributed by atoms with Gasteiger partial charge in [0, 0.05) is 0 Å². The van der Waals surface area contributed by atoms with E-state index in [4.69, 9.17) is 23.8 Å². The topological polar surface area (TPSA) is 52.9 Å². The van der Waals surface area contributed by atoms with Crippen LogP contribution in [0.3, 0.4) is 0 Å². The molecule has 2 rings (SSSR count). The summed E-state index contributed by atoms with van der Waals surface area (Å²) in [6.45, 7) is 0. The predicted octanol–water partition coefficient (Wildman–Crippen LogP) is 2.17. The van der Waals surface area contributed by atoms with Gasteiger partial charge in [-0.3, -0.25) is 0 Å². The third-order valence-corrected chi connectivity index (χ3v) is 1.72. The van der Waals surface area contributed by atoms with Crippen LogP contribution >= 0.6 is 23.8 Å². The number of aliphatic imine (C=N–C) groups is 1. The molecule has 1 aromatic rings. The number of thiocarbonyl (C=S) groups is 1. The number of hydrogen-bond acceptors (Lipinski definition) is 2. The van der Waals surface area contributed by atoms with Gasteiger partial charge in [-0.1, -0.05) is 11.6 Å². The smallest absolute Gasteiger partial charge is 0.242 e. The molecule has 0 bridgehead atoms. The Balaban J connectivity index is 2.39. The van der Waals surface area contributed by atoms with E-state index in [1.54, 1.807) is 12.1 Å². The van der Waals surface area contributed by atoms with E-state index in [-0.39, 0.29) is 5.11 Å². The summed E-state index contributed by atoms with van der Waals surface area (Å²) in [5, 5.41) is 8.13. The van der Waals surface area contributed by atoms with Crippen LogP contribution in [-0.4, -0.2) is 15.9 Å². The molecule has 0 amide bonds. The van der Waals surface area contributed by atoms with Crippen LogP contribution in [0, 0.1) is 0 Å². The molecule has 0 aliphatic carbocycles. The first-order valence-electron chi connectivity index (χ1n) is 3.15. The van der Waals surface area contributed by atoms with Crippen molar-refractivity contribution in [1.29, 1.82) is 0 Å². The number of aromatic amines is 1. The Kier molecular flexibility index (Phi) is 1.74. The number of H-pyrrole nitrogens is 1. The molecule has 1 aromatic heterocycles. The van der Waals surface area contributed by atoms with E-state index >= 15 is 0 Å². The van der Waals surface area contributed by atoms with E-state index in [2.05, 4.69) is 20.2 Å². The summed E-state index contributed by atoms with van der Waals surface area (Å²) in [5.74, 6) is 0.479. The molecule has 2 heterocycles. The first kappa shape index (κ1) is 7.57. The Labute approximate surface area is 78.4 Å². The fraction of sp³-hybridized carbons (Fsp3) is 0. The maximum atomic E-state index is 5.66. The number of nitrogens with zero attached hydrogens (tertiary/aromatic N) is 3. The molecule has 1 aliphatic heterocycles. The number of rotatable bonds is 1. The summed E-state index contributed by atoms with van der Waals surface area (Å²) >= 11 is 10.4. The third kappa shape index (κ3) is 1.28. The molecule has 6 heteroatoms. The summed E-state index contributed by atoms with van der Waals surface area (Å²) in [6.07, 6.45) is 0. The van der Waals surface area contributed by atoms with Crippen LogP contribution in [0.5, 0.6) is 0 Å². The van der Waals surface area contributed by atoms with Crippen LogP contribution < -0.4 is 0 Å². The second-order valence-electron chi connectivity index (χ2n) is 2.14. The summed E-state index contributed by atoms with van der Waals surface area (Å²) < 4.78 is 0. The van der Waals surface area contributed by atoms with Crippen molar-refractivity contribution in [2.45, 2.75) is 0 Å². The SMILES string of the molecule is S=C1N=NC(c2ccc(Cl)[nH]2)=N1. The van der Waals surface area contributed by atoms with Crippen LogP contribution in [0.15, 0.2) is 27.4 Å². The quantitative estimate of drug-likeness (QED) is 0.691. The average molecular weight is 199 g/mol. The number of azo groups is 1. The zero-order valence-corrected chi connectivity index (χ0v) is 7.35. The molecule has 1 aliphatic rings. The number of halogens is 1. The highest BCUT2D eigenvalue weighted by Crippen LogP contribution is 2.12. The Morgan fingerprint density at radius 2 is 2.17 bits per heavy atom. The average Bonchev–Trinajstić information content (AvgIpc) is 2.58. The molecule has 0 spiro atoms. The summed E-state index contributed by atoms with van der Waals surface area (Å²) in [5.41, 5.74) is 0.726. The van der Waals surface area contributed by atoms with Gasteiger partial charge in [0.1, 0.15) is 5.15 Å². The summed E-state index contributed by atoms with van der Waals surface area (Å²) in [7, 11) is 0. The molecule has 12 heavy (non-hydrogen) atoms. The number of aromatic nitrogens is 1. The zero-order chi connectivity index (χ0) is 8.55. The van der Waals surface area contributed by atoms with Gasteiger partial charge in [0.25, 0.3) is 0 Å². The molecule has 0 fully saturated rings. The van der Waals surface area contributed by atoms with Crippen molar-refractivity contribution in [2.24, 2.45) is 15.2 Å². The largest absolute Gasteiger partial charge is 0.343 e. The predicted molar refractivity (Wildman–Crippen MR) is 49.8 cm³/mol. The molecule has 0 unspecified atom stereocenters. The second-order valence-corrected chi connectivity index (χ2v) is 2.91. The van der Waals surface area contributed by atoms with Crippen LogP contribution in [0.1, 0.15) is 5.69 Å². The monoisotopic (exact) mass is 198 g/mol. The molecule has 0 radical (unpaired) electrons. The third-order valence-electron chi connectivity index (χ3n) is 1.32. The fourth-order valence-electron chi connectivity index (χ4n) is 0.838. The second kappa shape index (κ2) is 2.76. The van der Waals surface area contributed by atoms with Crippen molar-refractivity contribution in [2.75, 3.05) is 0 Å². The van der Waals surface area contributed by atoms with Gasteiger partial charge in [-0.05, 0) is 24.4 Å². The maximum absolute atomic E-state index is 5.66. The van der Waals surface area contributed by atoms with Crippen LogP contribution in [-0.2, 0) is 0 Å². The zero-order valence-electron chi connectivity index (χ0n) is 5.78. The number of hydrogen-bond donors (Lipinski definition) is 1. The summed E-state index contributed by atoms with van der Waals surface area (Å²) in [4.78, 5) is 6.76. The first-order chi connectivity index (χ1) is 5.75. The van der Waals surface area contributed by atoms with E-state index in [9.17, 15) is 0 Å². The fourth-order valence-corrected chi connectivity index (χ4v) is 1.13. The maximum Gasteiger partial charge on any atom is 0.242 e. The first-order valence-corrected chi connectivity index (χ1v) is 3.93. The molecule has 4 nitrogen and oxygen atoms in total. The highest BCUT2D eigenvalue weighted by Gasteiger charge is 2.10. The highest BCUT2D eigenvalue weighted by molar-refractivity contribution is 7.80. The molecule has 0 aromatic carbocycles. The van der Waals surface area contributed by atoms with Gasteiger partial charge in [0.2, 0.25) is 10.9 Å². The Morgan fingerprint density at radius 3 is 2.67 bits per heavy atom. The van der Waals surface area contributed by atoms with Crippen molar-refractivity contribution in [3.63, 3.8) is 0 Å². The standard InChI is InChI=1S/C6H3ClN4S/c7-4-2-1-3(8-4)5-9-6(12)11-10-5/h1-2,8H. The molecule has 0 saturated carbocycles. The van der Waals surface area contributed by atoms with E-state index < -0.39 is 0 Å². The minimum absolute atomic E-state index is 0.246. The Morgan fingerprint density at radius 1 is 1.33 bits per heavy atom. The van der Waals surface area contributed by atoms with Crippen molar-refractivity contribution in [3.8, 4) is 0 Å². The van der Waals surface area contributed by atoms with Crippen molar-refractivity contribution in [1.82, 2.24) is 4.98 Å². The van der Waals surface area contributed by atoms with Crippen LogP contribution in [0.4, 0.5) is 0 Å². The van der Waals surface area contributed by atoms with Gasteiger partial charge in [-0.15, -0.1) is 10.2 Å². The van der Waals surface area contributed by atoms with Gasteiger partial charge < -0.3 is 4.98 Å². The number of nitrogens with one attached hydrogen (secondary N) is 1. The molecule has 1 N–H and O–H groups in total. The molecular formula is C6H3ClN4S. The van der Waals surface area contributed by atoms with Gasteiger partial charge in [-0.2, -0.15) is 4.99 Å². The van der Waals surface area contributed by atoms with Crippen molar-refractivity contribution < 1.29 is 0 Å². The Hall–Kier alpha value is -1.07. The minimum atomic E-state index is 0.246. The van der Waals surface area contributed by atoms with Crippen LogP contribution in [0.25, 0.3) is 0 Å². The lowest BCUT2D eigenvalue weighted by atomic mass is 10.4. The van der Waals surface area contributed by atoms with Gasteiger partial charge in [0.15, 0.2) is 0 Å². The van der Waals surface area contributed by atoms with E-state index in [0.717, 1.165) is 5.69 Å². The lowest BCUT2D eigenvalue weighted by Gasteiger charge is -1.87. The van der Waals surface area contributed by atoms with Gasteiger partial charge in [0.05, 0.1) is 5.69 Å². The summed E-state index contributed by atoms with van der Waals surface area (Å²) in [6, 6.07) is 3.49. The number of amidine groups is 1. The van der Waals surface area contributed by atoms with E-state index in [1.165, 1.54) is 0 Å². The molecular weight excluding hydrogens is 196 g/mol. The normalized spacial score (nSPS) is 15.4.